The average molecular weight is 372 g/mol. The highest BCUT2D eigenvalue weighted by Crippen LogP contribution is 2.44. The van der Waals surface area contributed by atoms with Crippen LogP contribution in [0.5, 0.6) is 0 Å². The summed E-state index contributed by atoms with van der Waals surface area (Å²) in [5.74, 6) is 0.0460. The number of thioether (sulfide) groups is 2. The van der Waals surface area contributed by atoms with Crippen LogP contribution < -0.4 is 4.90 Å². The van der Waals surface area contributed by atoms with E-state index in [2.05, 4.69) is 45.9 Å². The first-order valence-electron chi connectivity index (χ1n) is 8.29. The highest BCUT2D eigenvalue weighted by Gasteiger charge is 2.33. The number of nitrogens with zero attached hydrogens (tertiary/aromatic N) is 1. The topological polar surface area (TPSA) is 20.3 Å². The molecule has 0 bridgehead atoms. The summed E-state index contributed by atoms with van der Waals surface area (Å²) in [5.41, 5.74) is 3.56. The van der Waals surface area contributed by atoms with Crippen molar-refractivity contribution >= 4 is 46.7 Å². The number of anilines is 1. The molecule has 128 valence electrons. The monoisotopic (exact) mass is 371 g/mol. The highest BCUT2D eigenvalue weighted by atomic mass is 35.5. The van der Waals surface area contributed by atoms with Crippen LogP contribution in [0.25, 0.3) is 0 Å². The van der Waals surface area contributed by atoms with Crippen LogP contribution in [0.2, 0.25) is 0 Å². The first kappa shape index (κ1) is 19.0. The number of benzene rings is 1. The van der Waals surface area contributed by atoms with E-state index in [0.717, 1.165) is 25.1 Å². The second-order valence-corrected chi connectivity index (χ2v) is 9.62. The molecule has 2 atom stereocenters. The number of halogens is 1. The maximum atomic E-state index is 12.6. The van der Waals surface area contributed by atoms with Gasteiger partial charge in [-0.2, -0.15) is 0 Å². The van der Waals surface area contributed by atoms with Crippen molar-refractivity contribution in [3.8, 4) is 0 Å². The minimum atomic E-state index is 0.00988. The number of amides is 1. The third kappa shape index (κ3) is 4.40. The molecule has 2 nitrogen and oxygen atoms in total. The Kier molecular flexibility index (Phi) is 7.18. The largest absolute Gasteiger partial charge is 0.309 e. The van der Waals surface area contributed by atoms with Crippen LogP contribution in [0.3, 0.4) is 0 Å². The predicted molar refractivity (Wildman–Crippen MR) is 106 cm³/mol. The van der Waals surface area contributed by atoms with Gasteiger partial charge in [0.15, 0.2) is 0 Å². The Morgan fingerprint density at radius 1 is 1.13 bits per heavy atom. The van der Waals surface area contributed by atoms with E-state index < -0.39 is 0 Å². The van der Waals surface area contributed by atoms with E-state index >= 15 is 0 Å². The third-order valence-corrected chi connectivity index (χ3v) is 8.02. The number of carbonyl (C=O) groups excluding carboxylic acids is 1. The van der Waals surface area contributed by atoms with Crippen LogP contribution in [0.4, 0.5) is 5.69 Å². The number of hydrogen-bond acceptors (Lipinski definition) is 3. The van der Waals surface area contributed by atoms with Gasteiger partial charge in [-0.25, -0.2) is 0 Å². The quantitative estimate of drug-likeness (QED) is 0.658. The smallest absolute Gasteiger partial charge is 0.241 e. The zero-order chi connectivity index (χ0) is 17.0. The Balaban J connectivity index is 2.34. The molecule has 1 aliphatic rings. The van der Waals surface area contributed by atoms with Crippen molar-refractivity contribution in [2.75, 3.05) is 17.3 Å². The minimum Gasteiger partial charge on any atom is -0.309 e. The fraction of sp³-hybridized carbons (Fsp3) is 0.611. The second kappa shape index (κ2) is 8.68. The first-order valence-corrected chi connectivity index (χ1v) is 10.7. The number of hydrogen-bond donors (Lipinski definition) is 0. The molecule has 1 saturated heterocycles. The Labute approximate surface area is 153 Å². The normalized spacial score (nSPS) is 24.0. The average Bonchev–Trinajstić information content (AvgIpc) is 2.89. The molecule has 2 unspecified atom stereocenters. The molecule has 0 radical (unpaired) electrons. The van der Waals surface area contributed by atoms with E-state index in [0.29, 0.717) is 15.1 Å². The summed E-state index contributed by atoms with van der Waals surface area (Å²) < 4.78 is 0.418. The third-order valence-electron chi connectivity index (χ3n) is 4.38. The van der Waals surface area contributed by atoms with Crippen LogP contribution in [0, 0.1) is 0 Å². The van der Waals surface area contributed by atoms with Crippen LogP contribution in [0.15, 0.2) is 18.2 Å². The fourth-order valence-electron chi connectivity index (χ4n) is 2.92. The molecule has 23 heavy (non-hydrogen) atoms. The van der Waals surface area contributed by atoms with Crippen molar-refractivity contribution in [2.24, 2.45) is 0 Å². The van der Waals surface area contributed by atoms with Gasteiger partial charge in [-0.1, -0.05) is 45.9 Å². The van der Waals surface area contributed by atoms with E-state index in [1.165, 1.54) is 11.1 Å². The van der Waals surface area contributed by atoms with E-state index in [9.17, 15) is 4.79 Å². The molecule has 1 heterocycles. The molecule has 5 heteroatoms. The van der Waals surface area contributed by atoms with Gasteiger partial charge in [-0.05, 0) is 24.0 Å². The number of rotatable bonds is 6. The molecule has 2 rings (SSSR count). The van der Waals surface area contributed by atoms with E-state index in [4.69, 9.17) is 11.6 Å². The van der Waals surface area contributed by atoms with Gasteiger partial charge in [0.25, 0.3) is 0 Å². The van der Waals surface area contributed by atoms with Crippen molar-refractivity contribution in [3.63, 3.8) is 0 Å². The summed E-state index contributed by atoms with van der Waals surface area (Å²) in [5, 5.41) is 1.26. The van der Waals surface area contributed by atoms with Crippen molar-refractivity contribution in [2.45, 2.75) is 55.6 Å². The van der Waals surface area contributed by atoms with Crippen molar-refractivity contribution in [3.05, 3.63) is 29.3 Å². The number of aryl methyl sites for hydroxylation is 2. The van der Waals surface area contributed by atoms with Crippen molar-refractivity contribution < 1.29 is 4.79 Å². The summed E-state index contributed by atoms with van der Waals surface area (Å²) in [6, 6.07) is 6.35. The maximum absolute atomic E-state index is 12.6. The van der Waals surface area contributed by atoms with E-state index in [-0.39, 0.29) is 11.8 Å². The van der Waals surface area contributed by atoms with Crippen LogP contribution in [-0.4, -0.2) is 33.4 Å². The van der Waals surface area contributed by atoms with Gasteiger partial charge < -0.3 is 4.90 Å². The standard InChI is InChI=1S/C18H26ClNOS2/c1-5-14-8-7-9-15(6-2)18(14)20(16(21)10-19)11-17-22-12(3)13(4)23-17/h7-9,12-13,17H,5-6,10-11H2,1-4H3. The molecular weight excluding hydrogens is 346 g/mol. The Morgan fingerprint density at radius 2 is 1.65 bits per heavy atom. The lowest BCUT2D eigenvalue weighted by molar-refractivity contribution is -0.116. The molecule has 1 aliphatic heterocycles. The number of carbonyl (C=O) groups is 1. The van der Waals surface area contributed by atoms with E-state index in [1.807, 2.05) is 28.4 Å². The minimum absolute atomic E-state index is 0.00988. The summed E-state index contributed by atoms with van der Waals surface area (Å²) in [6.07, 6.45) is 1.85. The fourth-order valence-corrected chi connectivity index (χ4v) is 6.63. The zero-order valence-corrected chi connectivity index (χ0v) is 16.7. The predicted octanol–water partition coefficient (Wildman–Crippen LogP) is 4.97. The molecular formula is C18H26ClNOS2. The lowest BCUT2D eigenvalue weighted by Gasteiger charge is -2.29. The lowest BCUT2D eigenvalue weighted by atomic mass is 10.0. The van der Waals surface area contributed by atoms with Crippen LogP contribution in [0.1, 0.15) is 38.8 Å². The van der Waals surface area contributed by atoms with Gasteiger partial charge in [0.1, 0.15) is 5.88 Å². The molecule has 1 amide bonds. The Morgan fingerprint density at radius 3 is 2.09 bits per heavy atom. The van der Waals surface area contributed by atoms with Crippen LogP contribution in [-0.2, 0) is 17.6 Å². The number of para-hydroxylation sites is 1. The summed E-state index contributed by atoms with van der Waals surface area (Å²) in [4.78, 5) is 14.5. The molecule has 0 aliphatic carbocycles. The second-order valence-electron chi connectivity index (χ2n) is 5.88. The summed E-state index contributed by atoms with van der Waals surface area (Å²) >= 11 is 9.88. The molecule has 0 spiro atoms. The Bertz CT molecular complexity index is 520. The first-order chi connectivity index (χ1) is 11.0. The van der Waals surface area contributed by atoms with Gasteiger partial charge in [0.05, 0.1) is 10.3 Å². The molecule has 0 N–H and O–H groups in total. The Hall–Kier alpha value is -0.320. The SMILES string of the molecule is CCc1cccc(CC)c1N(CC1SC(C)C(C)S1)C(=O)CCl. The molecule has 1 aromatic carbocycles. The number of alkyl halides is 1. The molecule has 1 fully saturated rings. The highest BCUT2D eigenvalue weighted by molar-refractivity contribution is 8.20. The van der Waals surface area contributed by atoms with Crippen molar-refractivity contribution in [1.29, 1.82) is 0 Å². The maximum Gasteiger partial charge on any atom is 0.241 e. The lowest BCUT2D eigenvalue weighted by Crippen LogP contribution is -2.37. The van der Waals surface area contributed by atoms with E-state index in [1.54, 1.807) is 0 Å². The van der Waals surface area contributed by atoms with Gasteiger partial charge in [-0.3, -0.25) is 4.79 Å². The van der Waals surface area contributed by atoms with Gasteiger partial charge >= 0.3 is 0 Å². The zero-order valence-electron chi connectivity index (χ0n) is 14.3. The summed E-state index contributed by atoms with van der Waals surface area (Å²) in [6.45, 7) is 9.57. The van der Waals surface area contributed by atoms with Gasteiger partial charge in [0.2, 0.25) is 5.91 Å². The molecule has 0 saturated carbocycles. The summed E-state index contributed by atoms with van der Waals surface area (Å²) in [7, 11) is 0. The van der Waals surface area contributed by atoms with Gasteiger partial charge in [0, 0.05) is 17.0 Å². The van der Waals surface area contributed by atoms with Gasteiger partial charge in [-0.15, -0.1) is 35.1 Å². The van der Waals surface area contributed by atoms with Crippen molar-refractivity contribution in [1.82, 2.24) is 0 Å². The van der Waals surface area contributed by atoms with Crippen LogP contribution >= 0.6 is 35.1 Å². The molecule has 0 aromatic heterocycles. The molecule has 1 aromatic rings.